The van der Waals surface area contributed by atoms with E-state index in [1.165, 1.54) is 12.5 Å². The normalized spacial score (nSPS) is 19.8. The number of nitrogens with zero attached hydrogens (tertiary/aromatic N) is 3. The molecule has 23 heavy (non-hydrogen) atoms. The molecule has 2 aromatic heterocycles. The highest BCUT2D eigenvalue weighted by Crippen LogP contribution is 2.28. The van der Waals surface area contributed by atoms with Crippen molar-refractivity contribution in [1.82, 2.24) is 20.1 Å². The summed E-state index contributed by atoms with van der Waals surface area (Å²) in [5.41, 5.74) is 2.65. The van der Waals surface area contributed by atoms with E-state index in [2.05, 4.69) is 20.1 Å². The van der Waals surface area contributed by atoms with E-state index in [4.69, 9.17) is 4.74 Å². The summed E-state index contributed by atoms with van der Waals surface area (Å²) in [5.74, 6) is 0. The SMILES string of the molecule is Cc1ccc(CN2CCOCC2c2[nH]ncc2S(C)(=O)=O)cn1. The van der Waals surface area contributed by atoms with Gasteiger partial charge >= 0.3 is 0 Å². The van der Waals surface area contributed by atoms with Gasteiger partial charge in [0.05, 0.1) is 31.1 Å². The summed E-state index contributed by atoms with van der Waals surface area (Å²) in [6.07, 6.45) is 4.41. The van der Waals surface area contributed by atoms with Gasteiger partial charge in [0.1, 0.15) is 4.90 Å². The molecular formula is C15H20N4O3S. The molecule has 3 heterocycles. The molecule has 0 aromatic carbocycles. The summed E-state index contributed by atoms with van der Waals surface area (Å²) in [6, 6.07) is 3.85. The summed E-state index contributed by atoms with van der Waals surface area (Å²) < 4.78 is 29.4. The van der Waals surface area contributed by atoms with E-state index in [9.17, 15) is 8.42 Å². The predicted molar refractivity (Wildman–Crippen MR) is 84.6 cm³/mol. The number of H-pyrrole nitrogens is 1. The average Bonchev–Trinajstić information content (AvgIpc) is 3.00. The second-order valence-electron chi connectivity index (χ2n) is 5.79. The van der Waals surface area contributed by atoms with Crippen LogP contribution >= 0.6 is 0 Å². The van der Waals surface area contributed by atoms with Crippen molar-refractivity contribution in [2.45, 2.75) is 24.4 Å². The molecule has 8 heteroatoms. The van der Waals surface area contributed by atoms with Crippen LogP contribution in [0.4, 0.5) is 0 Å². The lowest BCUT2D eigenvalue weighted by Gasteiger charge is -2.35. The number of aryl methyl sites for hydroxylation is 1. The Bertz CT molecular complexity index is 770. The van der Waals surface area contributed by atoms with Crippen LogP contribution in [-0.2, 0) is 21.1 Å². The largest absolute Gasteiger partial charge is 0.378 e. The Morgan fingerprint density at radius 2 is 2.22 bits per heavy atom. The van der Waals surface area contributed by atoms with Crippen LogP contribution in [-0.4, -0.2) is 54.5 Å². The molecule has 0 saturated carbocycles. The lowest BCUT2D eigenvalue weighted by molar-refractivity contribution is -0.0152. The standard InChI is InChI=1S/C15H20N4O3S/c1-11-3-4-12(7-16-11)9-19-5-6-22-10-13(19)15-14(8-17-18-15)23(2,20)21/h3-4,7-8,13H,5-6,9-10H2,1-2H3,(H,17,18). The van der Waals surface area contributed by atoms with Gasteiger partial charge in [-0.05, 0) is 18.6 Å². The second-order valence-corrected chi connectivity index (χ2v) is 7.77. The Morgan fingerprint density at radius 3 is 2.91 bits per heavy atom. The Hall–Kier alpha value is -1.77. The molecule has 1 unspecified atom stereocenters. The van der Waals surface area contributed by atoms with Crippen LogP contribution in [0.3, 0.4) is 0 Å². The topological polar surface area (TPSA) is 88.2 Å². The minimum atomic E-state index is -3.33. The van der Waals surface area contributed by atoms with E-state index in [0.29, 0.717) is 25.5 Å². The number of aromatic amines is 1. The quantitative estimate of drug-likeness (QED) is 0.899. The number of aromatic nitrogens is 3. The number of ether oxygens (including phenoxy) is 1. The first-order valence-electron chi connectivity index (χ1n) is 7.42. The molecular weight excluding hydrogens is 316 g/mol. The third-order valence-electron chi connectivity index (χ3n) is 3.96. The van der Waals surface area contributed by atoms with Crippen molar-refractivity contribution in [3.8, 4) is 0 Å². The molecule has 1 aliphatic rings. The van der Waals surface area contributed by atoms with Gasteiger partial charge in [-0.2, -0.15) is 5.10 Å². The zero-order chi connectivity index (χ0) is 16.4. The van der Waals surface area contributed by atoms with Crippen LogP contribution in [0.25, 0.3) is 0 Å². The van der Waals surface area contributed by atoms with E-state index in [-0.39, 0.29) is 10.9 Å². The van der Waals surface area contributed by atoms with E-state index >= 15 is 0 Å². The van der Waals surface area contributed by atoms with E-state index in [1.54, 1.807) is 0 Å². The van der Waals surface area contributed by atoms with Gasteiger partial charge in [0.15, 0.2) is 9.84 Å². The third kappa shape index (κ3) is 3.60. The maximum atomic E-state index is 11.9. The van der Waals surface area contributed by atoms with Crippen molar-refractivity contribution in [3.05, 3.63) is 41.5 Å². The van der Waals surface area contributed by atoms with Gasteiger partial charge in [0.25, 0.3) is 0 Å². The smallest absolute Gasteiger partial charge is 0.178 e. The number of morpholine rings is 1. The van der Waals surface area contributed by atoms with Gasteiger partial charge in [-0.1, -0.05) is 6.07 Å². The van der Waals surface area contributed by atoms with Crippen LogP contribution in [0.2, 0.25) is 0 Å². The first-order valence-corrected chi connectivity index (χ1v) is 9.31. The van der Waals surface area contributed by atoms with Gasteiger partial charge in [0, 0.05) is 31.2 Å². The highest BCUT2D eigenvalue weighted by atomic mass is 32.2. The van der Waals surface area contributed by atoms with Gasteiger partial charge in [0.2, 0.25) is 0 Å². The monoisotopic (exact) mass is 336 g/mol. The number of pyridine rings is 1. The maximum Gasteiger partial charge on any atom is 0.178 e. The highest BCUT2D eigenvalue weighted by molar-refractivity contribution is 7.90. The Kier molecular flexibility index (Phi) is 4.47. The Balaban J connectivity index is 1.87. The van der Waals surface area contributed by atoms with Crippen molar-refractivity contribution >= 4 is 9.84 Å². The molecule has 1 fully saturated rings. The van der Waals surface area contributed by atoms with Crippen molar-refractivity contribution < 1.29 is 13.2 Å². The number of nitrogens with one attached hydrogen (secondary N) is 1. The Labute approximate surface area is 135 Å². The fourth-order valence-electron chi connectivity index (χ4n) is 2.74. The molecule has 0 spiro atoms. The lowest BCUT2D eigenvalue weighted by atomic mass is 10.1. The molecule has 0 radical (unpaired) electrons. The predicted octanol–water partition coefficient (Wildman–Crippen LogP) is 1.09. The summed E-state index contributed by atoms with van der Waals surface area (Å²) in [6.45, 7) is 4.41. The molecule has 1 atom stereocenters. The number of hydrogen-bond donors (Lipinski definition) is 1. The van der Waals surface area contributed by atoms with Crippen LogP contribution in [0, 0.1) is 6.92 Å². The minimum absolute atomic E-state index is 0.169. The lowest BCUT2D eigenvalue weighted by Crippen LogP contribution is -2.39. The van der Waals surface area contributed by atoms with Crippen molar-refractivity contribution in [2.24, 2.45) is 0 Å². The van der Waals surface area contributed by atoms with Crippen LogP contribution < -0.4 is 0 Å². The average molecular weight is 336 g/mol. The first kappa shape index (κ1) is 16.1. The third-order valence-corrected chi connectivity index (χ3v) is 5.09. The Morgan fingerprint density at radius 1 is 1.39 bits per heavy atom. The van der Waals surface area contributed by atoms with Crippen LogP contribution in [0.15, 0.2) is 29.4 Å². The zero-order valence-electron chi connectivity index (χ0n) is 13.2. The van der Waals surface area contributed by atoms with Crippen molar-refractivity contribution in [2.75, 3.05) is 26.0 Å². The molecule has 1 saturated heterocycles. The van der Waals surface area contributed by atoms with E-state index in [1.807, 2.05) is 25.3 Å². The molecule has 7 nitrogen and oxygen atoms in total. The molecule has 0 aliphatic carbocycles. The number of sulfone groups is 1. The van der Waals surface area contributed by atoms with Gasteiger partial charge < -0.3 is 4.74 Å². The van der Waals surface area contributed by atoms with Crippen LogP contribution in [0.5, 0.6) is 0 Å². The van der Waals surface area contributed by atoms with E-state index < -0.39 is 9.84 Å². The first-order chi connectivity index (χ1) is 10.9. The molecule has 0 bridgehead atoms. The molecule has 1 aliphatic heterocycles. The fraction of sp³-hybridized carbons (Fsp3) is 0.467. The minimum Gasteiger partial charge on any atom is -0.378 e. The number of rotatable bonds is 4. The number of hydrogen-bond acceptors (Lipinski definition) is 6. The van der Waals surface area contributed by atoms with Crippen LogP contribution in [0.1, 0.15) is 23.0 Å². The maximum absolute atomic E-state index is 11.9. The zero-order valence-corrected chi connectivity index (χ0v) is 14.0. The fourth-order valence-corrected chi connectivity index (χ4v) is 3.56. The highest BCUT2D eigenvalue weighted by Gasteiger charge is 2.30. The summed E-state index contributed by atoms with van der Waals surface area (Å²) in [5, 5.41) is 6.76. The van der Waals surface area contributed by atoms with Crippen molar-refractivity contribution in [1.29, 1.82) is 0 Å². The second kappa shape index (κ2) is 6.38. The summed E-state index contributed by atoms with van der Waals surface area (Å²) in [4.78, 5) is 6.74. The van der Waals surface area contributed by atoms with Gasteiger partial charge in [-0.15, -0.1) is 0 Å². The molecule has 1 N–H and O–H groups in total. The molecule has 2 aromatic rings. The molecule has 124 valence electrons. The molecule has 0 amide bonds. The van der Waals surface area contributed by atoms with Gasteiger partial charge in [-0.3, -0.25) is 15.0 Å². The van der Waals surface area contributed by atoms with E-state index in [0.717, 1.165) is 17.8 Å². The molecule has 3 rings (SSSR count). The van der Waals surface area contributed by atoms with Crippen molar-refractivity contribution in [3.63, 3.8) is 0 Å². The van der Waals surface area contributed by atoms with Gasteiger partial charge in [-0.25, -0.2) is 8.42 Å². The summed E-state index contributed by atoms with van der Waals surface area (Å²) >= 11 is 0. The summed E-state index contributed by atoms with van der Waals surface area (Å²) in [7, 11) is -3.33.